The summed E-state index contributed by atoms with van der Waals surface area (Å²) in [6, 6.07) is 5.80. The molecule has 1 aromatic rings. The Hall–Kier alpha value is -2.16. The average molecular weight is 339 g/mol. The van der Waals surface area contributed by atoms with Crippen LogP contribution in [0.2, 0.25) is 0 Å². The Morgan fingerprint density at radius 3 is 2.33 bits per heavy atom. The van der Waals surface area contributed by atoms with Gasteiger partial charge in [0.25, 0.3) is 0 Å². The number of carboxylic acids is 1. The highest BCUT2D eigenvalue weighted by Crippen LogP contribution is 2.08. The second kappa shape index (κ2) is 11.4. The van der Waals surface area contributed by atoms with Crippen molar-refractivity contribution in [3.63, 3.8) is 0 Å². The van der Waals surface area contributed by atoms with Crippen molar-refractivity contribution in [2.75, 3.05) is 26.4 Å². The molecule has 0 saturated carbocycles. The maximum atomic E-state index is 11.2. The summed E-state index contributed by atoms with van der Waals surface area (Å²) in [5, 5.41) is 9.13. The van der Waals surface area contributed by atoms with Crippen LogP contribution in [0.25, 0.3) is 0 Å². The van der Waals surface area contributed by atoms with E-state index in [9.17, 15) is 9.59 Å². The number of amides is 2. The Labute approximate surface area is 141 Å². The third-order valence-electron chi connectivity index (χ3n) is 3.24. The topological polar surface area (TPSA) is 123 Å². The van der Waals surface area contributed by atoms with Gasteiger partial charge < -0.3 is 20.3 Å². The number of nitrogens with two attached hydrogens (primary N) is 1. The average Bonchev–Trinajstić information content (AvgIpc) is 2.55. The van der Waals surface area contributed by atoms with Crippen LogP contribution in [0.4, 0.5) is 4.79 Å². The lowest BCUT2D eigenvalue weighted by atomic mass is 10.0. The summed E-state index contributed by atoms with van der Waals surface area (Å²) < 4.78 is 10.6. The van der Waals surface area contributed by atoms with Gasteiger partial charge in [0.05, 0.1) is 19.8 Å². The smallest absolute Gasteiger partial charge is 0.326 e. The second-order valence-corrected chi connectivity index (χ2v) is 5.10. The molecule has 0 heterocycles. The Balaban J connectivity index is 2.39. The fourth-order valence-corrected chi connectivity index (χ4v) is 1.99. The first-order valence-corrected chi connectivity index (χ1v) is 7.80. The van der Waals surface area contributed by atoms with Crippen LogP contribution >= 0.6 is 0 Å². The lowest BCUT2D eigenvalue weighted by Crippen LogP contribution is -2.50. The molecule has 2 amide bonds. The van der Waals surface area contributed by atoms with E-state index in [-0.39, 0.29) is 6.42 Å². The highest BCUT2D eigenvalue weighted by atomic mass is 16.5. The van der Waals surface area contributed by atoms with E-state index in [1.54, 1.807) is 0 Å². The van der Waals surface area contributed by atoms with Crippen LogP contribution < -0.4 is 16.6 Å². The van der Waals surface area contributed by atoms with Crippen molar-refractivity contribution in [1.82, 2.24) is 10.9 Å². The highest BCUT2D eigenvalue weighted by Gasteiger charge is 2.17. The van der Waals surface area contributed by atoms with Gasteiger partial charge in [-0.25, -0.2) is 10.2 Å². The molecule has 0 saturated heterocycles. The van der Waals surface area contributed by atoms with E-state index in [0.717, 1.165) is 17.5 Å². The number of hydrogen-bond acceptors (Lipinski definition) is 5. The minimum atomic E-state index is -1.07. The first-order chi connectivity index (χ1) is 11.5. The summed E-state index contributed by atoms with van der Waals surface area (Å²) in [6.45, 7) is 4.40. The molecule has 0 radical (unpaired) electrons. The molecule has 1 unspecified atom stereocenters. The number of aliphatic carboxylic acids is 1. The zero-order chi connectivity index (χ0) is 17.8. The van der Waals surface area contributed by atoms with E-state index in [1.807, 2.05) is 31.2 Å². The molecule has 1 aromatic carbocycles. The number of urea groups is 1. The van der Waals surface area contributed by atoms with E-state index in [4.69, 9.17) is 20.3 Å². The SMILES string of the molecule is CCOCCOCCc1ccc(CC(NNC(N)=O)C(=O)O)cc1. The molecule has 0 bridgehead atoms. The van der Waals surface area contributed by atoms with Crippen molar-refractivity contribution < 1.29 is 24.2 Å². The first kappa shape index (κ1) is 19.9. The third-order valence-corrected chi connectivity index (χ3v) is 3.24. The molecule has 8 nitrogen and oxygen atoms in total. The number of carbonyl (C=O) groups excluding carboxylic acids is 1. The largest absolute Gasteiger partial charge is 0.480 e. The molecule has 0 aliphatic rings. The zero-order valence-electron chi connectivity index (χ0n) is 13.8. The van der Waals surface area contributed by atoms with E-state index in [1.165, 1.54) is 0 Å². The van der Waals surface area contributed by atoms with Crippen LogP contribution in [0, 0.1) is 0 Å². The van der Waals surface area contributed by atoms with Crippen molar-refractivity contribution in [3.05, 3.63) is 35.4 Å². The van der Waals surface area contributed by atoms with Crippen molar-refractivity contribution in [2.45, 2.75) is 25.8 Å². The fourth-order valence-electron chi connectivity index (χ4n) is 1.99. The summed E-state index contributed by atoms with van der Waals surface area (Å²) in [5.74, 6) is -1.07. The summed E-state index contributed by atoms with van der Waals surface area (Å²) in [6.07, 6.45) is 0.997. The van der Waals surface area contributed by atoms with Crippen molar-refractivity contribution in [3.8, 4) is 0 Å². The normalized spacial score (nSPS) is 11.9. The predicted octanol–water partition coefficient (Wildman–Crippen LogP) is 0.451. The molecular formula is C16H25N3O5. The monoisotopic (exact) mass is 339 g/mol. The molecule has 0 fully saturated rings. The molecule has 0 aliphatic heterocycles. The summed E-state index contributed by atoms with van der Waals surface area (Å²) in [7, 11) is 0. The van der Waals surface area contributed by atoms with Crippen LogP contribution in [-0.4, -0.2) is 49.6 Å². The van der Waals surface area contributed by atoms with Gasteiger partial charge in [-0.1, -0.05) is 24.3 Å². The third kappa shape index (κ3) is 8.47. The molecule has 1 atom stereocenters. The maximum Gasteiger partial charge on any atom is 0.326 e. The number of carboxylic acid groups (broad SMARTS) is 1. The molecule has 0 spiro atoms. The Morgan fingerprint density at radius 1 is 1.12 bits per heavy atom. The van der Waals surface area contributed by atoms with Crippen molar-refractivity contribution in [2.24, 2.45) is 5.73 Å². The van der Waals surface area contributed by atoms with Gasteiger partial charge in [-0.3, -0.25) is 10.2 Å². The van der Waals surface area contributed by atoms with Gasteiger partial charge in [-0.05, 0) is 24.5 Å². The van der Waals surface area contributed by atoms with Gasteiger partial charge in [0.15, 0.2) is 0 Å². The minimum absolute atomic E-state index is 0.223. The second-order valence-electron chi connectivity index (χ2n) is 5.10. The minimum Gasteiger partial charge on any atom is -0.480 e. The van der Waals surface area contributed by atoms with E-state index < -0.39 is 18.0 Å². The number of nitrogens with one attached hydrogen (secondary N) is 2. The Kier molecular flexibility index (Phi) is 9.44. The van der Waals surface area contributed by atoms with Crippen LogP contribution in [0.1, 0.15) is 18.1 Å². The quantitative estimate of drug-likeness (QED) is 0.324. The van der Waals surface area contributed by atoms with Gasteiger partial charge in [-0.15, -0.1) is 0 Å². The van der Waals surface area contributed by atoms with Gasteiger partial charge in [0.1, 0.15) is 6.04 Å². The molecule has 1 rings (SSSR count). The lowest BCUT2D eigenvalue weighted by molar-refractivity contribution is -0.139. The number of primary amides is 1. The number of ether oxygens (including phenoxy) is 2. The number of hydrogen-bond donors (Lipinski definition) is 4. The summed E-state index contributed by atoms with van der Waals surface area (Å²) >= 11 is 0. The van der Waals surface area contributed by atoms with Gasteiger partial charge >= 0.3 is 12.0 Å². The predicted molar refractivity (Wildman–Crippen MR) is 88.4 cm³/mol. The molecule has 24 heavy (non-hydrogen) atoms. The number of benzene rings is 1. The summed E-state index contributed by atoms with van der Waals surface area (Å²) in [5.41, 5.74) is 11.3. The molecule has 0 aromatic heterocycles. The summed E-state index contributed by atoms with van der Waals surface area (Å²) in [4.78, 5) is 21.8. The van der Waals surface area contributed by atoms with E-state index >= 15 is 0 Å². The molecule has 0 aliphatic carbocycles. The van der Waals surface area contributed by atoms with Gasteiger partial charge in [-0.2, -0.15) is 0 Å². The van der Waals surface area contributed by atoms with E-state index in [2.05, 4.69) is 10.9 Å². The van der Waals surface area contributed by atoms with Crippen LogP contribution in [0.3, 0.4) is 0 Å². The molecule has 5 N–H and O–H groups in total. The number of hydrazine groups is 1. The number of carbonyl (C=O) groups is 2. The van der Waals surface area contributed by atoms with Crippen molar-refractivity contribution >= 4 is 12.0 Å². The highest BCUT2D eigenvalue weighted by molar-refractivity contribution is 5.75. The van der Waals surface area contributed by atoms with Crippen LogP contribution in [0.15, 0.2) is 24.3 Å². The Bertz CT molecular complexity index is 507. The number of rotatable bonds is 12. The lowest BCUT2D eigenvalue weighted by Gasteiger charge is -2.14. The van der Waals surface area contributed by atoms with Crippen LogP contribution in [0.5, 0.6) is 0 Å². The first-order valence-electron chi connectivity index (χ1n) is 7.80. The zero-order valence-corrected chi connectivity index (χ0v) is 13.8. The maximum absolute atomic E-state index is 11.2. The molecular weight excluding hydrogens is 314 g/mol. The van der Waals surface area contributed by atoms with Gasteiger partial charge in [0.2, 0.25) is 0 Å². The standard InChI is InChI=1S/C16H25N3O5/c1-2-23-9-10-24-8-7-12-3-5-13(6-4-12)11-14(15(20)21)18-19-16(17)22/h3-6,14,18H,2,7-11H2,1H3,(H,20,21)(H3,17,19,22). The van der Waals surface area contributed by atoms with E-state index in [0.29, 0.717) is 26.4 Å². The Morgan fingerprint density at radius 2 is 1.75 bits per heavy atom. The molecule has 134 valence electrons. The van der Waals surface area contributed by atoms with Crippen molar-refractivity contribution in [1.29, 1.82) is 0 Å². The molecule has 8 heteroatoms. The van der Waals surface area contributed by atoms with Gasteiger partial charge in [0, 0.05) is 13.0 Å². The fraction of sp³-hybridized carbons (Fsp3) is 0.500. The van der Waals surface area contributed by atoms with Crippen LogP contribution in [-0.2, 0) is 27.1 Å².